The molecule has 0 saturated heterocycles. The number of furan rings is 1. The maximum Gasteiger partial charge on any atom is 0.143 e. The van der Waals surface area contributed by atoms with Crippen LogP contribution >= 0.6 is 11.3 Å². The molecule has 12 aromatic rings. The van der Waals surface area contributed by atoms with E-state index in [1.165, 1.54) is 58.8 Å². The summed E-state index contributed by atoms with van der Waals surface area (Å²) in [5.41, 5.74) is 14.4. The van der Waals surface area contributed by atoms with Crippen molar-refractivity contribution in [2.45, 2.75) is 0 Å². The van der Waals surface area contributed by atoms with Crippen molar-refractivity contribution in [3.8, 4) is 44.5 Å². The molecular weight excluding hydrogens is 759 g/mol. The van der Waals surface area contributed by atoms with Gasteiger partial charge in [0.2, 0.25) is 0 Å². The van der Waals surface area contributed by atoms with Gasteiger partial charge >= 0.3 is 0 Å². The zero-order valence-corrected chi connectivity index (χ0v) is 33.9. The fraction of sp³-hybridized carbons (Fsp3) is 0. The van der Waals surface area contributed by atoms with Crippen LogP contribution in [0.15, 0.2) is 229 Å². The number of anilines is 3. The van der Waals surface area contributed by atoms with E-state index in [4.69, 9.17) is 4.42 Å². The molecule has 286 valence electrons. The molecule has 0 atom stereocenters. The summed E-state index contributed by atoms with van der Waals surface area (Å²) in [6.07, 6.45) is 0. The van der Waals surface area contributed by atoms with E-state index in [9.17, 15) is 0 Å². The first kappa shape index (κ1) is 35.2. The first-order chi connectivity index (χ1) is 30.2. The van der Waals surface area contributed by atoms with Crippen molar-refractivity contribution in [1.82, 2.24) is 0 Å². The zero-order valence-electron chi connectivity index (χ0n) is 33.1. The Balaban J connectivity index is 1.02. The topological polar surface area (TPSA) is 16.4 Å². The summed E-state index contributed by atoms with van der Waals surface area (Å²) < 4.78 is 9.07. The van der Waals surface area contributed by atoms with Crippen molar-refractivity contribution in [3.05, 3.63) is 224 Å². The van der Waals surface area contributed by atoms with E-state index < -0.39 is 0 Å². The van der Waals surface area contributed by atoms with Crippen LogP contribution in [-0.2, 0) is 0 Å². The van der Waals surface area contributed by atoms with E-state index in [1.807, 2.05) is 23.5 Å². The van der Waals surface area contributed by atoms with E-state index in [-0.39, 0.29) is 0 Å². The monoisotopic (exact) mass is 795 g/mol. The van der Waals surface area contributed by atoms with Gasteiger partial charge in [0, 0.05) is 53.4 Å². The molecule has 0 saturated carbocycles. The van der Waals surface area contributed by atoms with Gasteiger partial charge in [-0.2, -0.15) is 0 Å². The minimum absolute atomic E-state index is 0.903. The number of hydrogen-bond acceptors (Lipinski definition) is 3. The van der Waals surface area contributed by atoms with Crippen LogP contribution in [0.5, 0.6) is 0 Å². The van der Waals surface area contributed by atoms with E-state index in [2.05, 4.69) is 217 Å². The summed E-state index contributed by atoms with van der Waals surface area (Å²) in [6, 6.07) is 81.2. The number of hydrogen-bond donors (Lipinski definition) is 0. The summed E-state index contributed by atoms with van der Waals surface area (Å²) in [5, 5.41) is 7.35. The lowest BCUT2D eigenvalue weighted by molar-refractivity contribution is 0.670. The van der Waals surface area contributed by atoms with Crippen LogP contribution in [0.4, 0.5) is 17.1 Å². The molecule has 0 radical (unpaired) electrons. The van der Waals surface area contributed by atoms with E-state index in [0.717, 1.165) is 55.7 Å². The molecule has 0 amide bonds. The number of fused-ring (bicyclic) bond motifs is 7. The smallest absolute Gasteiger partial charge is 0.143 e. The third kappa shape index (κ3) is 6.01. The lowest BCUT2D eigenvalue weighted by Crippen LogP contribution is -2.11. The van der Waals surface area contributed by atoms with Gasteiger partial charge in [-0.15, -0.1) is 11.3 Å². The number of para-hydroxylation sites is 3. The molecule has 0 unspecified atom stereocenters. The lowest BCUT2D eigenvalue weighted by Gasteiger charge is -2.28. The molecule has 10 aromatic carbocycles. The van der Waals surface area contributed by atoms with Crippen molar-refractivity contribution in [2.24, 2.45) is 0 Å². The highest BCUT2D eigenvalue weighted by Gasteiger charge is 2.21. The zero-order chi connectivity index (χ0) is 40.3. The number of benzene rings is 10. The van der Waals surface area contributed by atoms with Crippen molar-refractivity contribution in [1.29, 1.82) is 0 Å². The Morgan fingerprint density at radius 3 is 1.87 bits per heavy atom. The van der Waals surface area contributed by atoms with Gasteiger partial charge in [0.05, 0.1) is 5.69 Å². The fourth-order valence-corrected chi connectivity index (χ4v) is 10.4. The summed E-state index contributed by atoms with van der Waals surface area (Å²) >= 11 is 1.86. The van der Waals surface area contributed by atoms with Gasteiger partial charge in [0.15, 0.2) is 0 Å². The number of thiophene rings is 1. The van der Waals surface area contributed by atoms with Crippen LogP contribution in [-0.4, -0.2) is 0 Å². The van der Waals surface area contributed by atoms with Gasteiger partial charge in [0.25, 0.3) is 0 Å². The second kappa shape index (κ2) is 14.5. The van der Waals surface area contributed by atoms with Crippen molar-refractivity contribution in [3.63, 3.8) is 0 Å². The third-order valence-corrected chi connectivity index (χ3v) is 13.2. The molecule has 2 nitrogen and oxygen atoms in total. The highest BCUT2D eigenvalue weighted by atomic mass is 32.1. The van der Waals surface area contributed by atoms with Crippen LogP contribution in [0.25, 0.3) is 97.4 Å². The summed E-state index contributed by atoms with van der Waals surface area (Å²) in [7, 11) is 0. The molecule has 0 aliphatic carbocycles. The normalized spacial score (nSPS) is 11.6. The molecule has 2 aromatic heterocycles. The molecule has 12 rings (SSSR count). The molecule has 3 heteroatoms. The Bertz CT molecular complexity index is 3610. The minimum atomic E-state index is 0.903. The molecule has 2 heterocycles. The van der Waals surface area contributed by atoms with Gasteiger partial charge in [-0.3, -0.25) is 0 Å². The molecule has 0 spiro atoms. The number of rotatable bonds is 7. The van der Waals surface area contributed by atoms with Crippen molar-refractivity contribution < 1.29 is 4.42 Å². The van der Waals surface area contributed by atoms with Crippen molar-refractivity contribution >= 4 is 81.3 Å². The molecule has 0 aliphatic heterocycles. The van der Waals surface area contributed by atoms with E-state index in [0.29, 0.717) is 0 Å². The van der Waals surface area contributed by atoms with Gasteiger partial charge in [-0.1, -0.05) is 170 Å². The Labute approximate surface area is 357 Å². The maximum atomic E-state index is 6.48. The summed E-state index contributed by atoms with van der Waals surface area (Å²) in [5.74, 6) is 0. The first-order valence-corrected chi connectivity index (χ1v) is 21.6. The summed E-state index contributed by atoms with van der Waals surface area (Å²) in [6.45, 7) is 0. The maximum absolute atomic E-state index is 6.48. The van der Waals surface area contributed by atoms with Crippen LogP contribution in [0, 0.1) is 0 Å². The minimum Gasteiger partial charge on any atom is -0.455 e. The second-order valence-electron chi connectivity index (χ2n) is 15.6. The molecule has 0 aliphatic rings. The highest BCUT2D eigenvalue weighted by molar-refractivity contribution is 7.25. The molecule has 61 heavy (non-hydrogen) atoms. The largest absolute Gasteiger partial charge is 0.455 e. The Kier molecular flexibility index (Phi) is 8.39. The second-order valence-corrected chi connectivity index (χ2v) is 16.7. The molecule has 0 N–H and O–H groups in total. The molecule has 0 bridgehead atoms. The average Bonchev–Trinajstić information content (AvgIpc) is 3.91. The van der Waals surface area contributed by atoms with Crippen LogP contribution < -0.4 is 4.90 Å². The highest BCUT2D eigenvalue weighted by Crippen LogP contribution is 2.47. The standard InChI is InChI=1S/C58H37NOS/c1-2-20-45-38(14-1)15-11-24-46(45)42-18-9-16-40(36-42)41-17-10-19-44(37-41)59(43-34-32-39(33-35-43)47-25-12-27-51-49-22-4-7-29-54(49)60-58(47)51)53-28-6-3-21-48(53)50-26-13-31-56-57(50)52-23-5-8-30-55(52)61-56/h1-37H. The SMILES string of the molecule is c1cc(-c2cccc(N(c3ccc(-c4cccc5c4oc4ccccc45)cc3)c3ccccc3-c3cccc4sc5ccccc5c34)c2)cc(-c2cccc3ccccc23)c1. The first-order valence-electron chi connectivity index (χ1n) is 20.7. The fourth-order valence-electron chi connectivity index (χ4n) is 9.26. The van der Waals surface area contributed by atoms with Gasteiger partial charge in [0.1, 0.15) is 11.2 Å². The predicted molar refractivity (Wildman–Crippen MR) is 261 cm³/mol. The molecule has 0 fully saturated rings. The summed E-state index contributed by atoms with van der Waals surface area (Å²) in [4.78, 5) is 2.42. The van der Waals surface area contributed by atoms with E-state index >= 15 is 0 Å². The Morgan fingerprint density at radius 2 is 0.951 bits per heavy atom. The van der Waals surface area contributed by atoms with Crippen LogP contribution in [0.1, 0.15) is 0 Å². The predicted octanol–water partition coefficient (Wildman–Crippen LogP) is 17.2. The van der Waals surface area contributed by atoms with Gasteiger partial charge in [-0.05, 0) is 98.8 Å². The van der Waals surface area contributed by atoms with Crippen LogP contribution in [0.2, 0.25) is 0 Å². The third-order valence-electron chi connectivity index (χ3n) is 12.1. The van der Waals surface area contributed by atoms with Crippen molar-refractivity contribution in [2.75, 3.05) is 4.90 Å². The lowest BCUT2D eigenvalue weighted by atomic mass is 9.94. The molecular formula is C58H37NOS. The Hall–Kier alpha value is -7.72. The van der Waals surface area contributed by atoms with Gasteiger partial charge < -0.3 is 9.32 Å². The van der Waals surface area contributed by atoms with Gasteiger partial charge in [-0.25, -0.2) is 0 Å². The Morgan fingerprint density at radius 1 is 0.344 bits per heavy atom. The van der Waals surface area contributed by atoms with E-state index in [1.54, 1.807) is 0 Å². The van der Waals surface area contributed by atoms with Crippen LogP contribution in [0.3, 0.4) is 0 Å². The quantitative estimate of drug-likeness (QED) is 0.160. The average molecular weight is 796 g/mol. The number of nitrogens with zero attached hydrogens (tertiary/aromatic N) is 1.